The standard InChI is InChI=1S/C13H19N3O2/c1-7-8-9(17)15-13(5,6)10-14-11(18-16-10)12(2,3)4/h1-6H3,(H,15,17). The quantitative estimate of drug-likeness (QED) is 0.811. The summed E-state index contributed by atoms with van der Waals surface area (Å²) in [4.78, 5) is 15.8. The molecule has 1 N–H and O–H groups in total. The SMILES string of the molecule is CC#CC(=O)NC(C)(C)c1noc(C(C)(C)C)n1. The zero-order chi connectivity index (χ0) is 14.0. The van der Waals surface area contributed by atoms with Gasteiger partial charge in [0.05, 0.1) is 5.54 Å². The highest BCUT2D eigenvalue weighted by atomic mass is 16.5. The van der Waals surface area contributed by atoms with E-state index in [-0.39, 0.29) is 11.3 Å². The summed E-state index contributed by atoms with van der Waals surface area (Å²) in [5.41, 5.74) is -0.928. The molecule has 1 aromatic heterocycles. The van der Waals surface area contributed by atoms with Crippen molar-refractivity contribution in [2.24, 2.45) is 0 Å². The van der Waals surface area contributed by atoms with E-state index in [9.17, 15) is 4.79 Å². The van der Waals surface area contributed by atoms with Crippen molar-refractivity contribution in [1.82, 2.24) is 15.5 Å². The molecule has 1 rings (SSSR count). The number of aromatic nitrogens is 2. The van der Waals surface area contributed by atoms with E-state index in [4.69, 9.17) is 4.52 Å². The summed E-state index contributed by atoms with van der Waals surface area (Å²) in [5.74, 6) is 5.60. The van der Waals surface area contributed by atoms with E-state index in [0.717, 1.165) is 0 Å². The van der Waals surface area contributed by atoms with Crippen molar-refractivity contribution in [3.8, 4) is 11.8 Å². The van der Waals surface area contributed by atoms with Gasteiger partial charge in [0.15, 0.2) is 5.82 Å². The van der Waals surface area contributed by atoms with Crippen LogP contribution in [-0.4, -0.2) is 16.0 Å². The molecule has 1 amide bonds. The number of rotatable bonds is 2. The number of nitrogens with one attached hydrogen (secondary N) is 1. The highest BCUT2D eigenvalue weighted by Crippen LogP contribution is 2.23. The fourth-order valence-corrected chi connectivity index (χ4v) is 1.27. The summed E-state index contributed by atoms with van der Waals surface area (Å²) >= 11 is 0. The third-order valence-corrected chi connectivity index (χ3v) is 2.29. The maximum atomic E-state index is 11.5. The van der Waals surface area contributed by atoms with Gasteiger partial charge >= 0.3 is 0 Å². The second-order valence-corrected chi connectivity index (χ2v) is 5.63. The Morgan fingerprint density at radius 3 is 2.33 bits per heavy atom. The molecule has 0 aliphatic heterocycles. The first kappa shape index (κ1) is 14.2. The monoisotopic (exact) mass is 249 g/mol. The van der Waals surface area contributed by atoms with Gasteiger partial charge in [0.25, 0.3) is 5.91 Å². The van der Waals surface area contributed by atoms with Crippen molar-refractivity contribution in [1.29, 1.82) is 0 Å². The van der Waals surface area contributed by atoms with Crippen molar-refractivity contribution in [3.05, 3.63) is 11.7 Å². The van der Waals surface area contributed by atoms with E-state index in [2.05, 4.69) is 27.3 Å². The second-order valence-electron chi connectivity index (χ2n) is 5.63. The Bertz CT molecular complexity index is 498. The van der Waals surface area contributed by atoms with Crippen molar-refractivity contribution in [2.75, 3.05) is 0 Å². The number of carbonyl (C=O) groups excluding carboxylic acids is 1. The van der Waals surface area contributed by atoms with Crippen LogP contribution >= 0.6 is 0 Å². The van der Waals surface area contributed by atoms with Crippen molar-refractivity contribution in [3.63, 3.8) is 0 Å². The summed E-state index contributed by atoms with van der Waals surface area (Å²) in [6, 6.07) is 0. The maximum absolute atomic E-state index is 11.5. The van der Waals surface area contributed by atoms with Crippen LogP contribution in [0.3, 0.4) is 0 Å². The van der Waals surface area contributed by atoms with Gasteiger partial charge in [0.1, 0.15) is 0 Å². The highest BCUT2D eigenvalue weighted by Gasteiger charge is 2.31. The molecule has 0 atom stereocenters. The van der Waals surface area contributed by atoms with Crippen LogP contribution in [0.2, 0.25) is 0 Å². The Morgan fingerprint density at radius 1 is 1.28 bits per heavy atom. The molecule has 0 saturated carbocycles. The summed E-state index contributed by atoms with van der Waals surface area (Å²) in [5, 5.41) is 6.66. The van der Waals surface area contributed by atoms with Crippen LogP contribution in [0, 0.1) is 11.8 Å². The smallest absolute Gasteiger partial charge is 0.296 e. The van der Waals surface area contributed by atoms with Gasteiger partial charge in [-0.15, -0.1) is 0 Å². The third-order valence-electron chi connectivity index (χ3n) is 2.29. The van der Waals surface area contributed by atoms with Gasteiger partial charge in [0.2, 0.25) is 5.89 Å². The largest absolute Gasteiger partial charge is 0.339 e. The van der Waals surface area contributed by atoms with Crippen LogP contribution in [0.1, 0.15) is 53.3 Å². The molecule has 0 saturated heterocycles. The lowest BCUT2D eigenvalue weighted by Crippen LogP contribution is -2.41. The average Bonchev–Trinajstić information content (AvgIpc) is 2.64. The van der Waals surface area contributed by atoms with Crippen LogP contribution in [-0.2, 0) is 15.7 Å². The lowest BCUT2D eigenvalue weighted by Gasteiger charge is -2.20. The van der Waals surface area contributed by atoms with E-state index in [0.29, 0.717) is 11.7 Å². The van der Waals surface area contributed by atoms with Gasteiger partial charge in [-0.1, -0.05) is 31.8 Å². The lowest BCUT2D eigenvalue weighted by molar-refractivity contribution is -0.117. The zero-order valence-corrected chi connectivity index (χ0v) is 11.7. The molecular weight excluding hydrogens is 230 g/mol. The molecule has 0 fully saturated rings. The lowest BCUT2D eigenvalue weighted by atomic mass is 9.97. The molecular formula is C13H19N3O2. The Balaban J connectivity index is 2.94. The normalized spacial score (nSPS) is 11.7. The van der Waals surface area contributed by atoms with Crippen LogP contribution in [0.4, 0.5) is 0 Å². The molecule has 0 bridgehead atoms. The fraction of sp³-hybridized carbons (Fsp3) is 0.615. The number of hydrogen-bond acceptors (Lipinski definition) is 4. The van der Waals surface area contributed by atoms with Gasteiger partial charge < -0.3 is 9.84 Å². The predicted octanol–water partition coefficient (Wildman–Crippen LogP) is 1.74. The highest BCUT2D eigenvalue weighted by molar-refractivity contribution is 5.93. The van der Waals surface area contributed by atoms with Crippen LogP contribution in [0.5, 0.6) is 0 Å². The van der Waals surface area contributed by atoms with Gasteiger partial charge in [-0.2, -0.15) is 4.98 Å². The molecule has 5 heteroatoms. The average molecular weight is 249 g/mol. The summed E-state index contributed by atoms with van der Waals surface area (Å²) in [6.45, 7) is 11.2. The molecule has 0 aliphatic carbocycles. The molecule has 98 valence electrons. The van der Waals surface area contributed by atoms with E-state index in [1.165, 1.54) is 0 Å². The Labute approximate surface area is 107 Å². The minimum absolute atomic E-state index is 0.214. The Morgan fingerprint density at radius 2 is 1.89 bits per heavy atom. The summed E-state index contributed by atoms with van der Waals surface area (Å²) < 4.78 is 5.21. The van der Waals surface area contributed by atoms with Crippen LogP contribution in [0.25, 0.3) is 0 Å². The molecule has 18 heavy (non-hydrogen) atoms. The molecule has 0 spiro atoms. The van der Waals surface area contributed by atoms with Gasteiger partial charge in [-0.05, 0) is 26.7 Å². The topological polar surface area (TPSA) is 68.0 Å². The summed E-state index contributed by atoms with van der Waals surface area (Å²) in [7, 11) is 0. The molecule has 1 heterocycles. The first-order valence-corrected chi connectivity index (χ1v) is 5.76. The first-order chi connectivity index (χ1) is 8.16. The predicted molar refractivity (Wildman–Crippen MR) is 67.6 cm³/mol. The number of nitrogens with zero attached hydrogens (tertiary/aromatic N) is 2. The van der Waals surface area contributed by atoms with Crippen LogP contribution in [0.15, 0.2) is 4.52 Å². The van der Waals surface area contributed by atoms with Crippen molar-refractivity contribution in [2.45, 2.75) is 52.5 Å². The summed E-state index contributed by atoms with van der Waals surface area (Å²) in [6.07, 6.45) is 0. The Kier molecular flexibility index (Phi) is 3.80. The van der Waals surface area contributed by atoms with Crippen LogP contribution < -0.4 is 5.32 Å². The second kappa shape index (κ2) is 4.81. The number of hydrogen-bond donors (Lipinski definition) is 1. The minimum Gasteiger partial charge on any atom is -0.339 e. The van der Waals surface area contributed by atoms with Gasteiger partial charge in [-0.25, -0.2) is 0 Å². The van der Waals surface area contributed by atoms with E-state index in [1.807, 2.05) is 20.8 Å². The fourth-order valence-electron chi connectivity index (χ4n) is 1.27. The zero-order valence-electron chi connectivity index (χ0n) is 11.7. The van der Waals surface area contributed by atoms with Gasteiger partial charge in [-0.3, -0.25) is 4.79 Å². The first-order valence-electron chi connectivity index (χ1n) is 5.76. The minimum atomic E-state index is -0.714. The Hall–Kier alpha value is -1.83. The molecule has 0 radical (unpaired) electrons. The van der Waals surface area contributed by atoms with E-state index < -0.39 is 5.54 Å². The molecule has 1 aromatic rings. The molecule has 0 unspecified atom stereocenters. The maximum Gasteiger partial charge on any atom is 0.296 e. The third kappa shape index (κ3) is 3.33. The number of carbonyl (C=O) groups is 1. The van der Waals surface area contributed by atoms with Crippen molar-refractivity contribution >= 4 is 5.91 Å². The van der Waals surface area contributed by atoms with E-state index >= 15 is 0 Å². The van der Waals surface area contributed by atoms with Crippen molar-refractivity contribution < 1.29 is 9.32 Å². The van der Waals surface area contributed by atoms with Gasteiger partial charge in [0, 0.05) is 5.41 Å². The molecule has 5 nitrogen and oxygen atoms in total. The molecule has 0 aliphatic rings. The van der Waals surface area contributed by atoms with E-state index in [1.54, 1.807) is 20.8 Å². The molecule has 0 aromatic carbocycles. The number of amides is 1.